The quantitative estimate of drug-likeness (QED) is 0.723. The fourth-order valence-corrected chi connectivity index (χ4v) is 1.78. The maximum Gasteiger partial charge on any atom is 0.417 e. The molecule has 0 saturated carbocycles. The van der Waals surface area contributed by atoms with Crippen molar-refractivity contribution in [2.75, 3.05) is 26.2 Å². The van der Waals surface area contributed by atoms with Crippen molar-refractivity contribution >= 4 is 17.3 Å². The second kappa shape index (κ2) is 4.57. The standard InChI is InChI=1S/C10H12N6O2/c17-10(16-3-1-11-2-4-16)18-9-14-7-5-12-6-13-8(7)15-9/h5-6,11H,1-4H2,(H,12,13,14,15). The lowest BCUT2D eigenvalue weighted by Crippen LogP contribution is -2.47. The lowest BCUT2D eigenvalue weighted by Gasteiger charge is -2.25. The Morgan fingerprint density at radius 2 is 2.22 bits per heavy atom. The number of nitrogens with one attached hydrogen (secondary N) is 2. The summed E-state index contributed by atoms with van der Waals surface area (Å²) in [4.78, 5) is 28.2. The van der Waals surface area contributed by atoms with Crippen molar-refractivity contribution in [1.82, 2.24) is 30.2 Å². The molecule has 1 amide bonds. The van der Waals surface area contributed by atoms with E-state index >= 15 is 0 Å². The van der Waals surface area contributed by atoms with Crippen molar-refractivity contribution in [2.24, 2.45) is 0 Å². The van der Waals surface area contributed by atoms with E-state index in [0.29, 0.717) is 24.3 Å². The Bertz CT molecular complexity index is 529. The monoisotopic (exact) mass is 248 g/mol. The van der Waals surface area contributed by atoms with E-state index in [1.807, 2.05) is 0 Å². The molecule has 0 aliphatic carbocycles. The highest BCUT2D eigenvalue weighted by Gasteiger charge is 2.19. The molecule has 2 aromatic heterocycles. The van der Waals surface area contributed by atoms with E-state index in [2.05, 4.69) is 25.3 Å². The molecule has 8 heteroatoms. The van der Waals surface area contributed by atoms with Gasteiger partial charge < -0.3 is 19.9 Å². The molecule has 18 heavy (non-hydrogen) atoms. The smallest absolute Gasteiger partial charge is 0.375 e. The van der Waals surface area contributed by atoms with Crippen molar-refractivity contribution in [1.29, 1.82) is 0 Å². The molecule has 0 bridgehead atoms. The van der Waals surface area contributed by atoms with Gasteiger partial charge in [-0.1, -0.05) is 0 Å². The van der Waals surface area contributed by atoms with Crippen LogP contribution in [0.4, 0.5) is 4.79 Å². The van der Waals surface area contributed by atoms with Crippen LogP contribution in [-0.2, 0) is 0 Å². The zero-order valence-corrected chi connectivity index (χ0v) is 9.59. The number of H-pyrrole nitrogens is 1. The van der Waals surface area contributed by atoms with Crippen LogP contribution >= 0.6 is 0 Å². The van der Waals surface area contributed by atoms with E-state index in [1.54, 1.807) is 11.1 Å². The van der Waals surface area contributed by atoms with Crippen molar-refractivity contribution < 1.29 is 9.53 Å². The molecule has 0 atom stereocenters. The van der Waals surface area contributed by atoms with E-state index < -0.39 is 6.09 Å². The molecular weight excluding hydrogens is 236 g/mol. The molecule has 1 aliphatic rings. The summed E-state index contributed by atoms with van der Waals surface area (Å²) in [5, 5.41) is 3.16. The first-order valence-electron chi connectivity index (χ1n) is 5.66. The molecule has 94 valence electrons. The minimum Gasteiger partial charge on any atom is -0.375 e. The number of carbonyl (C=O) groups is 1. The van der Waals surface area contributed by atoms with Crippen LogP contribution in [0.25, 0.3) is 11.2 Å². The number of rotatable bonds is 1. The number of carbonyl (C=O) groups excluding carboxylic acids is 1. The largest absolute Gasteiger partial charge is 0.417 e. The summed E-state index contributed by atoms with van der Waals surface area (Å²) in [6.07, 6.45) is 2.58. The molecule has 2 aromatic rings. The fraction of sp³-hybridized carbons (Fsp3) is 0.400. The van der Waals surface area contributed by atoms with Crippen LogP contribution in [0.1, 0.15) is 0 Å². The second-order valence-corrected chi connectivity index (χ2v) is 3.91. The fourth-order valence-electron chi connectivity index (χ4n) is 1.78. The minimum atomic E-state index is -0.400. The van der Waals surface area contributed by atoms with Crippen LogP contribution in [0.2, 0.25) is 0 Å². The first-order valence-corrected chi connectivity index (χ1v) is 5.66. The number of aromatic nitrogens is 4. The number of fused-ring (bicyclic) bond motifs is 1. The van der Waals surface area contributed by atoms with Gasteiger partial charge in [-0.2, -0.15) is 4.98 Å². The highest BCUT2D eigenvalue weighted by Crippen LogP contribution is 2.12. The van der Waals surface area contributed by atoms with Gasteiger partial charge >= 0.3 is 12.1 Å². The maximum atomic E-state index is 11.8. The average Bonchev–Trinajstić information content (AvgIpc) is 2.82. The molecule has 8 nitrogen and oxygen atoms in total. The third-order valence-corrected chi connectivity index (χ3v) is 2.70. The molecule has 3 heterocycles. The Morgan fingerprint density at radius 1 is 1.39 bits per heavy atom. The third-order valence-electron chi connectivity index (χ3n) is 2.70. The van der Waals surface area contributed by atoms with Gasteiger partial charge in [-0.15, -0.1) is 0 Å². The van der Waals surface area contributed by atoms with Gasteiger partial charge in [-0.25, -0.2) is 14.8 Å². The lowest BCUT2D eigenvalue weighted by molar-refractivity contribution is 0.142. The van der Waals surface area contributed by atoms with Crippen molar-refractivity contribution in [2.45, 2.75) is 0 Å². The van der Waals surface area contributed by atoms with E-state index in [4.69, 9.17) is 4.74 Å². The number of nitrogens with zero attached hydrogens (tertiary/aromatic N) is 4. The van der Waals surface area contributed by atoms with E-state index in [1.165, 1.54) is 6.33 Å². The number of amides is 1. The van der Waals surface area contributed by atoms with Crippen LogP contribution in [0.5, 0.6) is 6.01 Å². The van der Waals surface area contributed by atoms with Gasteiger partial charge in [0, 0.05) is 26.2 Å². The predicted molar refractivity (Wildman–Crippen MR) is 62.2 cm³/mol. The summed E-state index contributed by atoms with van der Waals surface area (Å²) < 4.78 is 5.16. The number of aromatic amines is 1. The summed E-state index contributed by atoms with van der Waals surface area (Å²) in [6.45, 7) is 2.83. The molecule has 2 N–H and O–H groups in total. The number of piperazine rings is 1. The Kier molecular flexibility index (Phi) is 2.77. The Balaban J connectivity index is 1.73. The zero-order valence-electron chi connectivity index (χ0n) is 9.59. The number of hydrogen-bond acceptors (Lipinski definition) is 6. The van der Waals surface area contributed by atoms with E-state index in [9.17, 15) is 4.79 Å². The van der Waals surface area contributed by atoms with Crippen LogP contribution in [0.15, 0.2) is 12.5 Å². The number of hydrogen-bond donors (Lipinski definition) is 2. The molecule has 0 unspecified atom stereocenters. The van der Waals surface area contributed by atoms with Crippen LogP contribution in [-0.4, -0.2) is 57.1 Å². The van der Waals surface area contributed by atoms with Gasteiger partial charge in [0.1, 0.15) is 11.8 Å². The van der Waals surface area contributed by atoms with Crippen LogP contribution in [0.3, 0.4) is 0 Å². The lowest BCUT2D eigenvalue weighted by atomic mass is 10.4. The molecule has 1 aliphatic heterocycles. The normalized spacial score (nSPS) is 15.9. The molecular formula is C10H12N6O2. The summed E-state index contributed by atoms with van der Waals surface area (Å²) in [6, 6.07) is 0.147. The molecule has 1 fully saturated rings. The van der Waals surface area contributed by atoms with E-state index in [-0.39, 0.29) is 6.01 Å². The maximum absolute atomic E-state index is 11.8. The number of ether oxygens (including phenoxy) is 1. The van der Waals surface area contributed by atoms with E-state index in [0.717, 1.165) is 13.1 Å². The van der Waals surface area contributed by atoms with Gasteiger partial charge in [0.2, 0.25) is 0 Å². The predicted octanol–water partition coefficient (Wildman–Crippen LogP) is -0.243. The topological polar surface area (TPSA) is 96.0 Å². The Labute approximate surface area is 102 Å². The Morgan fingerprint density at radius 3 is 3.00 bits per heavy atom. The van der Waals surface area contributed by atoms with Crippen molar-refractivity contribution in [3.8, 4) is 6.01 Å². The van der Waals surface area contributed by atoms with Gasteiger partial charge in [-0.3, -0.25) is 0 Å². The van der Waals surface area contributed by atoms with Gasteiger partial charge in [0.25, 0.3) is 0 Å². The molecule has 0 aromatic carbocycles. The Hall–Kier alpha value is -2.22. The zero-order chi connectivity index (χ0) is 12.4. The molecule has 0 radical (unpaired) electrons. The van der Waals surface area contributed by atoms with Crippen LogP contribution < -0.4 is 10.1 Å². The highest BCUT2D eigenvalue weighted by molar-refractivity contribution is 5.73. The summed E-state index contributed by atoms with van der Waals surface area (Å²) in [5.41, 5.74) is 1.12. The third kappa shape index (κ3) is 2.09. The first kappa shape index (κ1) is 10.9. The van der Waals surface area contributed by atoms with Crippen LogP contribution in [0, 0.1) is 0 Å². The van der Waals surface area contributed by atoms with Gasteiger partial charge in [-0.05, 0) is 0 Å². The second-order valence-electron chi connectivity index (χ2n) is 3.91. The van der Waals surface area contributed by atoms with Crippen molar-refractivity contribution in [3.63, 3.8) is 0 Å². The van der Waals surface area contributed by atoms with Crippen molar-refractivity contribution in [3.05, 3.63) is 12.5 Å². The summed E-state index contributed by atoms with van der Waals surface area (Å²) in [5.74, 6) is 0. The van der Waals surface area contributed by atoms with Gasteiger partial charge in [0.05, 0.1) is 6.20 Å². The summed E-state index contributed by atoms with van der Waals surface area (Å²) >= 11 is 0. The summed E-state index contributed by atoms with van der Waals surface area (Å²) in [7, 11) is 0. The highest BCUT2D eigenvalue weighted by atomic mass is 16.6. The SMILES string of the molecule is O=C(Oc1nc2ncncc2[nH]1)N1CCNCC1. The molecule has 3 rings (SSSR count). The first-order chi connectivity index (χ1) is 8.83. The molecule has 1 saturated heterocycles. The molecule has 0 spiro atoms. The minimum absolute atomic E-state index is 0.147. The average molecular weight is 248 g/mol. The van der Waals surface area contributed by atoms with Gasteiger partial charge in [0.15, 0.2) is 5.65 Å². The number of imidazole rings is 1.